The summed E-state index contributed by atoms with van der Waals surface area (Å²) in [7, 11) is 0. The monoisotopic (exact) mass is 406 g/mol. The molecule has 0 bridgehead atoms. The number of halogens is 2. The quantitative estimate of drug-likeness (QED) is 0.648. The fourth-order valence-corrected chi connectivity index (χ4v) is 4.16. The average molecular weight is 406 g/mol. The van der Waals surface area contributed by atoms with E-state index in [0.29, 0.717) is 42.3 Å². The average Bonchev–Trinajstić information content (AvgIpc) is 3.28. The van der Waals surface area contributed by atoms with Crippen LogP contribution in [0.2, 0.25) is 0 Å². The lowest BCUT2D eigenvalue weighted by molar-refractivity contribution is 0.0601. The van der Waals surface area contributed by atoms with E-state index in [9.17, 15) is 13.6 Å². The number of rotatable bonds is 5. The van der Waals surface area contributed by atoms with Crippen molar-refractivity contribution < 1.29 is 18.3 Å². The smallest absolute Gasteiger partial charge is 0.267 e. The first-order valence-electron chi connectivity index (χ1n) is 9.14. The highest BCUT2D eigenvalue weighted by molar-refractivity contribution is 7.07. The van der Waals surface area contributed by atoms with Crippen molar-refractivity contribution in [1.82, 2.24) is 19.1 Å². The summed E-state index contributed by atoms with van der Waals surface area (Å²) in [6.45, 7) is 2.65. The number of carbonyl (C=O) groups is 1. The molecule has 1 aliphatic rings. The molecule has 0 saturated carbocycles. The number of aromatic nitrogens is 3. The van der Waals surface area contributed by atoms with Gasteiger partial charge in [-0.1, -0.05) is 10.6 Å². The normalized spacial score (nSPS) is 15.5. The molecular formula is C19H20F2N4O2S. The first-order valence-corrected chi connectivity index (χ1v) is 9.91. The van der Waals surface area contributed by atoms with Crippen molar-refractivity contribution in [3.8, 4) is 5.75 Å². The van der Waals surface area contributed by atoms with Crippen molar-refractivity contribution in [2.75, 3.05) is 13.1 Å². The Labute approximate surface area is 164 Å². The van der Waals surface area contributed by atoms with Gasteiger partial charge in [-0.25, -0.2) is 8.78 Å². The van der Waals surface area contributed by atoms with Crippen molar-refractivity contribution in [2.24, 2.45) is 0 Å². The minimum absolute atomic E-state index is 0.0196. The van der Waals surface area contributed by atoms with E-state index in [1.54, 1.807) is 17.7 Å². The second-order valence-electron chi connectivity index (χ2n) is 6.85. The maximum atomic E-state index is 12.7. The number of nitrogens with zero attached hydrogens (tertiary/aromatic N) is 4. The third kappa shape index (κ3) is 3.71. The topological polar surface area (TPSA) is 60.3 Å². The Kier molecular flexibility index (Phi) is 5.25. The van der Waals surface area contributed by atoms with Crippen LogP contribution in [0.1, 0.15) is 28.2 Å². The molecule has 1 aliphatic heterocycles. The molecule has 4 rings (SSSR count). The van der Waals surface area contributed by atoms with Crippen LogP contribution in [0.5, 0.6) is 5.75 Å². The second-order valence-corrected chi connectivity index (χ2v) is 7.60. The summed E-state index contributed by atoms with van der Waals surface area (Å²) >= 11 is 1.12. The summed E-state index contributed by atoms with van der Waals surface area (Å²) in [5.74, 6) is 0.662. The van der Waals surface area contributed by atoms with Gasteiger partial charge in [0, 0.05) is 37.5 Å². The van der Waals surface area contributed by atoms with E-state index < -0.39 is 6.43 Å². The Morgan fingerprint density at radius 1 is 1.32 bits per heavy atom. The molecule has 6 nitrogen and oxygen atoms in total. The van der Waals surface area contributed by atoms with E-state index in [1.807, 2.05) is 29.2 Å². The Morgan fingerprint density at radius 2 is 2.11 bits per heavy atom. The van der Waals surface area contributed by atoms with E-state index in [4.69, 9.17) is 4.74 Å². The summed E-state index contributed by atoms with van der Waals surface area (Å²) in [6.07, 6.45) is 0.667. The predicted octanol–water partition coefficient (Wildman–Crippen LogP) is 3.75. The van der Waals surface area contributed by atoms with Gasteiger partial charge in [-0.2, -0.15) is 0 Å². The van der Waals surface area contributed by atoms with E-state index >= 15 is 0 Å². The second kappa shape index (κ2) is 7.83. The van der Waals surface area contributed by atoms with E-state index in [1.165, 1.54) is 0 Å². The molecule has 9 heteroatoms. The SMILES string of the molecule is Cc1nnsc1C(=O)N1CCC(Oc2cccc3c2ccn3CC(F)F)CC1. The molecule has 1 saturated heterocycles. The molecule has 0 radical (unpaired) electrons. The molecular weight excluding hydrogens is 386 g/mol. The van der Waals surface area contributed by atoms with Crippen LogP contribution in [0.3, 0.4) is 0 Å². The summed E-state index contributed by atoms with van der Waals surface area (Å²) in [6, 6.07) is 7.30. The van der Waals surface area contributed by atoms with E-state index in [-0.39, 0.29) is 18.6 Å². The zero-order valence-corrected chi connectivity index (χ0v) is 16.2. The molecule has 1 amide bonds. The maximum Gasteiger partial charge on any atom is 0.267 e. The fraction of sp³-hybridized carbons (Fsp3) is 0.421. The third-order valence-corrected chi connectivity index (χ3v) is 5.79. The summed E-state index contributed by atoms with van der Waals surface area (Å²) in [5, 5.41) is 4.73. The van der Waals surface area contributed by atoms with Crippen LogP contribution < -0.4 is 4.74 Å². The minimum Gasteiger partial charge on any atom is -0.490 e. The molecule has 2 aromatic heterocycles. The van der Waals surface area contributed by atoms with Gasteiger partial charge in [-0.15, -0.1) is 5.10 Å². The zero-order valence-electron chi connectivity index (χ0n) is 15.3. The Bertz CT molecular complexity index is 979. The predicted molar refractivity (Wildman–Crippen MR) is 102 cm³/mol. The standard InChI is InChI=1S/C19H20F2N4O2S/c1-12-18(28-23-22-12)19(26)24-8-5-13(6-9-24)27-16-4-2-3-15-14(16)7-10-25(15)11-17(20)21/h2-4,7,10,13,17H,5-6,8-9,11H2,1H3. The Hall–Kier alpha value is -2.55. The Balaban J connectivity index is 1.42. The molecule has 3 heterocycles. The lowest BCUT2D eigenvalue weighted by atomic mass is 10.1. The third-order valence-electron chi connectivity index (χ3n) is 4.98. The fourth-order valence-electron chi connectivity index (χ4n) is 3.53. The molecule has 1 aromatic carbocycles. The molecule has 0 unspecified atom stereocenters. The largest absolute Gasteiger partial charge is 0.490 e. The van der Waals surface area contributed by atoms with Crippen molar-refractivity contribution in [2.45, 2.75) is 38.8 Å². The van der Waals surface area contributed by atoms with Gasteiger partial charge in [-0.05, 0) is 36.7 Å². The Morgan fingerprint density at radius 3 is 2.79 bits per heavy atom. The summed E-state index contributed by atoms with van der Waals surface area (Å²) in [5.41, 5.74) is 1.40. The molecule has 0 N–H and O–H groups in total. The number of benzene rings is 1. The number of hydrogen-bond acceptors (Lipinski definition) is 5. The molecule has 0 aliphatic carbocycles. The molecule has 0 atom stereocenters. The molecule has 148 valence electrons. The lowest BCUT2D eigenvalue weighted by Crippen LogP contribution is -2.41. The highest BCUT2D eigenvalue weighted by Gasteiger charge is 2.27. The van der Waals surface area contributed by atoms with Gasteiger partial charge in [0.25, 0.3) is 12.3 Å². The summed E-state index contributed by atoms with van der Waals surface area (Å²) in [4.78, 5) is 15.0. The van der Waals surface area contributed by atoms with Gasteiger partial charge in [0.2, 0.25) is 0 Å². The van der Waals surface area contributed by atoms with Crippen LogP contribution in [0.4, 0.5) is 8.78 Å². The number of fused-ring (bicyclic) bond motifs is 1. The number of carbonyl (C=O) groups excluding carboxylic acids is 1. The van der Waals surface area contributed by atoms with E-state index in [2.05, 4.69) is 9.59 Å². The number of likely N-dealkylation sites (tertiary alicyclic amines) is 1. The number of aryl methyl sites for hydroxylation is 1. The van der Waals surface area contributed by atoms with Crippen molar-refractivity contribution in [3.05, 3.63) is 41.0 Å². The minimum atomic E-state index is -2.40. The zero-order chi connectivity index (χ0) is 19.7. The first kappa shape index (κ1) is 18.8. The van der Waals surface area contributed by atoms with Crippen LogP contribution in [-0.2, 0) is 6.54 Å². The van der Waals surface area contributed by atoms with Gasteiger partial charge >= 0.3 is 0 Å². The van der Waals surface area contributed by atoms with Crippen LogP contribution in [-0.4, -0.2) is 50.6 Å². The molecule has 1 fully saturated rings. The van der Waals surface area contributed by atoms with Gasteiger partial charge in [0.15, 0.2) is 0 Å². The summed E-state index contributed by atoms with van der Waals surface area (Å²) < 4.78 is 37.0. The maximum absolute atomic E-state index is 12.7. The van der Waals surface area contributed by atoms with Gasteiger partial charge in [0.05, 0.1) is 17.8 Å². The van der Waals surface area contributed by atoms with Gasteiger partial charge in [-0.3, -0.25) is 4.79 Å². The van der Waals surface area contributed by atoms with Crippen LogP contribution in [0.15, 0.2) is 30.5 Å². The van der Waals surface area contributed by atoms with Crippen molar-refractivity contribution >= 4 is 28.3 Å². The van der Waals surface area contributed by atoms with Gasteiger partial charge in [0.1, 0.15) is 16.7 Å². The number of amides is 1. The van der Waals surface area contributed by atoms with Crippen LogP contribution >= 0.6 is 11.5 Å². The number of ether oxygens (including phenoxy) is 1. The molecule has 0 spiro atoms. The van der Waals surface area contributed by atoms with Crippen LogP contribution in [0, 0.1) is 6.92 Å². The lowest BCUT2D eigenvalue weighted by Gasteiger charge is -2.32. The number of alkyl halides is 2. The van der Waals surface area contributed by atoms with E-state index in [0.717, 1.165) is 22.4 Å². The van der Waals surface area contributed by atoms with Crippen LogP contribution in [0.25, 0.3) is 10.9 Å². The van der Waals surface area contributed by atoms with Crippen molar-refractivity contribution in [3.63, 3.8) is 0 Å². The highest BCUT2D eigenvalue weighted by Crippen LogP contribution is 2.30. The van der Waals surface area contributed by atoms with Gasteiger partial charge < -0.3 is 14.2 Å². The first-order chi connectivity index (χ1) is 13.5. The molecule has 3 aromatic rings. The molecule has 28 heavy (non-hydrogen) atoms. The van der Waals surface area contributed by atoms with Crippen molar-refractivity contribution in [1.29, 1.82) is 0 Å². The number of hydrogen-bond donors (Lipinski definition) is 0. The highest BCUT2D eigenvalue weighted by atomic mass is 32.1. The number of piperidine rings is 1.